The summed E-state index contributed by atoms with van der Waals surface area (Å²) in [6.07, 6.45) is 3.03. The van der Waals surface area contributed by atoms with Gasteiger partial charge in [0.2, 0.25) is 0 Å². The quantitative estimate of drug-likeness (QED) is 0.0975. The Balaban J connectivity index is 1.10. The van der Waals surface area contributed by atoms with Gasteiger partial charge in [0.25, 0.3) is 0 Å². The van der Waals surface area contributed by atoms with Crippen LogP contribution in [0, 0.1) is 0 Å². The lowest BCUT2D eigenvalue weighted by molar-refractivity contribution is -0.143. The second kappa shape index (κ2) is 16.1. The number of hydrogen-bond acceptors (Lipinski definition) is 6. The van der Waals surface area contributed by atoms with Crippen LogP contribution in [0.3, 0.4) is 0 Å². The Morgan fingerprint density at radius 3 is 1.75 bits per heavy atom. The van der Waals surface area contributed by atoms with Gasteiger partial charge in [0.15, 0.2) is 0 Å². The molecule has 9 nitrogen and oxygen atoms in total. The van der Waals surface area contributed by atoms with Gasteiger partial charge in [-0.05, 0) is 28.3 Å². The number of rotatable bonds is 13. The number of benzene rings is 5. The summed E-state index contributed by atoms with van der Waals surface area (Å²) in [5.74, 6) is -0.608. The van der Waals surface area contributed by atoms with E-state index in [1.54, 1.807) is 6.33 Å². The van der Waals surface area contributed by atoms with E-state index in [1.165, 1.54) is 7.11 Å². The summed E-state index contributed by atoms with van der Waals surface area (Å²) in [4.78, 5) is 30.9. The number of alkyl carbamates (subject to hydrolysis) is 1. The Kier molecular flexibility index (Phi) is 10.5. The van der Waals surface area contributed by atoms with Crippen LogP contribution in [-0.4, -0.2) is 51.2 Å². The van der Waals surface area contributed by atoms with Crippen molar-refractivity contribution in [2.75, 3.05) is 13.7 Å². The van der Waals surface area contributed by atoms with Crippen LogP contribution in [0.4, 0.5) is 4.79 Å². The lowest BCUT2D eigenvalue weighted by atomic mass is 9.77. The van der Waals surface area contributed by atoms with Crippen molar-refractivity contribution in [2.45, 2.75) is 24.5 Å². The summed E-state index contributed by atoms with van der Waals surface area (Å²) in [6, 6.07) is 51.6. The van der Waals surface area contributed by atoms with Crippen LogP contribution in [0.25, 0.3) is 22.5 Å². The molecular formula is C44H39N5O4. The van der Waals surface area contributed by atoms with Gasteiger partial charge >= 0.3 is 12.1 Å². The number of ether oxygens (including phenoxy) is 2. The molecule has 0 aliphatic rings. The van der Waals surface area contributed by atoms with E-state index in [0.717, 1.165) is 39.2 Å². The third-order valence-corrected chi connectivity index (χ3v) is 9.24. The third kappa shape index (κ3) is 7.50. The summed E-state index contributed by atoms with van der Waals surface area (Å²) >= 11 is 0. The van der Waals surface area contributed by atoms with E-state index in [1.807, 2.05) is 132 Å². The standard InChI is InChI=1S/C44H39N5O4/c1-52-42(50)40(46-43(51)53-28-27-49-41(34-19-9-3-10-20-34)30-39(47-49)33-17-7-2-8-18-33)29-38-31-48(32-45-38)44(35-21-11-4-12-22-35,36-23-13-5-14-24-36)37-25-15-6-16-26-37/h2-26,30-32,40H,27-29H2,1H3,(H,46,51). The first kappa shape index (κ1) is 34.7. The predicted molar refractivity (Wildman–Crippen MR) is 204 cm³/mol. The molecule has 1 N–H and O–H groups in total. The molecule has 5 aromatic carbocycles. The Hall–Kier alpha value is -6.74. The summed E-state index contributed by atoms with van der Waals surface area (Å²) in [5.41, 5.74) is 6.62. The molecule has 0 spiro atoms. The molecule has 7 aromatic rings. The molecule has 2 heterocycles. The van der Waals surface area contributed by atoms with Crippen molar-refractivity contribution in [3.05, 3.63) is 193 Å². The van der Waals surface area contributed by atoms with E-state index >= 15 is 0 Å². The second-order valence-corrected chi connectivity index (χ2v) is 12.5. The fourth-order valence-electron chi connectivity index (χ4n) is 6.77. The van der Waals surface area contributed by atoms with Crippen molar-refractivity contribution in [1.29, 1.82) is 0 Å². The van der Waals surface area contributed by atoms with Gasteiger partial charge in [-0.1, -0.05) is 152 Å². The smallest absolute Gasteiger partial charge is 0.407 e. The Morgan fingerprint density at radius 2 is 1.23 bits per heavy atom. The average Bonchev–Trinajstić information content (AvgIpc) is 3.87. The van der Waals surface area contributed by atoms with Crippen molar-refractivity contribution in [2.24, 2.45) is 0 Å². The molecule has 0 aliphatic carbocycles. The number of hydrogen-bond donors (Lipinski definition) is 1. The fourth-order valence-corrected chi connectivity index (χ4v) is 6.77. The van der Waals surface area contributed by atoms with E-state index in [9.17, 15) is 9.59 Å². The van der Waals surface area contributed by atoms with E-state index in [0.29, 0.717) is 12.2 Å². The summed E-state index contributed by atoms with van der Waals surface area (Å²) in [7, 11) is 1.29. The fraction of sp³-hybridized carbons (Fsp3) is 0.136. The zero-order chi connectivity index (χ0) is 36.5. The highest BCUT2D eigenvalue weighted by atomic mass is 16.6. The van der Waals surface area contributed by atoms with Crippen molar-refractivity contribution in [3.63, 3.8) is 0 Å². The highest BCUT2D eigenvalue weighted by Crippen LogP contribution is 2.40. The number of carbonyl (C=O) groups excluding carboxylic acids is 2. The molecule has 0 bridgehead atoms. The number of nitrogens with zero attached hydrogens (tertiary/aromatic N) is 4. The topological polar surface area (TPSA) is 100 Å². The minimum atomic E-state index is -1.04. The van der Waals surface area contributed by atoms with E-state index in [4.69, 9.17) is 19.6 Å². The van der Waals surface area contributed by atoms with Crippen molar-refractivity contribution < 1.29 is 19.1 Å². The first-order chi connectivity index (χ1) is 26.1. The van der Waals surface area contributed by atoms with Crippen LogP contribution < -0.4 is 5.32 Å². The van der Waals surface area contributed by atoms with Gasteiger partial charge in [-0.25, -0.2) is 14.6 Å². The summed E-state index contributed by atoms with van der Waals surface area (Å²) in [6.45, 7) is 0.330. The zero-order valence-corrected chi connectivity index (χ0v) is 29.3. The molecule has 1 unspecified atom stereocenters. The maximum atomic E-state index is 13.2. The number of aromatic nitrogens is 4. The molecular weight excluding hydrogens is 663 g/mol. The van der Waals surface area contributed by atoms with Gasteiger partial charge in [-0.2, -0.15) is 5.10 Å². The zero-order valence-electron chi connectivity index (χ0n) is 29.3. The molecule has 0 saturated carbocycles. The maximum absolute atomic E-state index is 13.2. The lowest BCUT2D eigenvalue weighted by Crippen LogP contribution is -2.43. The van der Waals surface area contributed by atoms with Gasteiger partial charge in [-0.3, -0.25) is 4.68 Å². The molecule has 0 aliphatic heterocycles. The molecule has 2 aromatic heterocycles. The molecule has 0 fully saturated rings. The molecule has 1 atom stereocenters. The average molecular weight is 702 g/mol. The first-order valence-corrected chi connectivity index (χ1v) is 17.5. The lowest BCUT2D eigenvalue weighted by Gasteiger charge is -2.37. The van der Waals surface area contributed by atoms with Crippen LogP contribution >= 0.6 is 0 Å². The summed E-state index contributed by atoms with van der Waals surface area (Å²) in [5, 5.41) is 7.53. The van der Waals surface area contributed by atoms with Crippen LogP contribution in [-0.2, 0) is 32.8 Å². The van der Waals surface area contributed by atoms with E-state index in [2.05, 4.69) is 46.3 Å². The van der Waals surface area contributed by atoms with Gasteiger partial charge in [-0.15, -0.1) is 0 Å². The monoisotopic (exact) mass is 701 g/mol. The van der Waals surface area contributed by atoms with Crippen LogP contribution in [0.2, 0.25) is 0 Å². The minimum absolute atomic E-state index is 0.0256. The van der Waals surface area contributed by atoms with Gasteiger partial charge < -0.3 is 19.4 Å². The summed E-state index contributed by atoms with van der Waals surface area (Å²) < 4.78 is 14.6. The molecule has 9 heteroatoms. The third-order valence-electron chi connectivity index (χ3n) is 9.24. The number of esters is 1. The first-order valence-electron chi connectivity index (χ1n) is 17.5. The highest BCUT2D eigenvalue weighted by molar-refractivity contribution is 5.81. The Labute approximate surface area is 308 Å². The minimum Gasteiger partial charge on any atom is -0.467 e. The maximum Gasteiger partial charge on any atom is 0.407 e. The number of methoxy groups -OCH3 is 1. The molecule has 0 saturated heterocycles. The van der Waals surface area contributed by atoms with Crippen molar-refractivity contribution in [1.82, 2.24) is 24.6 Å². The van der Waals surface area contributed by atoms with Crippen molar-refractivity contribution >= 4 is 12.1 Å². The van der Waals surface area contributed by atoms with Crippen LogP contribution in [0.5, 0.6) is 0 Å². The van der Waals surface area contributed by atoms with Crippen LogP contribution in [0.15, 0.2) is 170 Å². The van der Waals surface area contributed by atoms with Gasteiger partial charge in [0.05, 0.1) is 37.1 Å². The van der Waals surface area contributed by atoms with Crippen molar-refractivity contribution in [3.8, 4) is 22.5 Å². The largest absolute Gasteiger partial charge is 0.467 e. The van der Waals surface area contributed by atoms with E-state index in [-0.39, 0.29) is 13.0 Å². The Morgan fingerprint density at radius 1 is 0.717 bits per heavy atom. The predicted octanol–water partition coefficient (Wildman–Crippen LogP) is 7.76. The van der Waals surface area contributed by atoms with Crippen LogP contribution in [0.1, 0.15) is 22.4 Å². The molecule has 264 valence electrons. The van der Waals surface area contributed by atoms with Gasteiger partial charge in [0.1, 0.15) is 18.2 Å². The van der Waals surface area contributed by atoms with Gasteiger partial charge in [0, 0.05) is 18.2 Å². The highest BCUT2D eigenvalue weighted by Gasteiger charge is 2.38. The molecule has 53 heavy (non-hydrogen) atoms. The molecule has 7 rings (SSSR count). The molecule has 1 amide bonds. The number of imidazole rings is 1. The second-order valence-electron chi connectivity index (χ2n) is 12.5. The normalized spacial score (nSPS) is 11.8. The number of amides is 1. The SMILES string of the molecule is COC(=O)C(Cc1cn(C(c2ccccc2)(c2ccccc2)c2ccccc2)cn1)NC(=O)OCCn1nc(-c2ccccc2)cc1-c1ccccc1. The molecule has 0 radical (unpaired) electrons. The Bertz CT molecular complexity index is 2140. The number of nitrogens with one attached hydrogen (secondary N) is 1. The number of carbonyl (C=O) groups is 2. The van der Waals surface area contributed by atoms with E-state index < -0.39 is 23.6 Å².